The number of nitriles is 1. The zero-order valence-electron chi connectivity index (χ0n) is 18.0. The Bertz CT molecular complexity index is 1500. The average Bonchev–Trinajstić information content (AvgIpc) is 3.45. The Hall–Kier alpha value is -3.60. The minimum absolute atomic E-state index is 0.150. The molecule has 0 radical (unpaired) electrons. The molecule has 35 heavy (non-hydrogen) atoms. The van der Waals surface area contributed by atoms with Crippen LogP contribution in [-0.4, -0.2) is 33.5 Å². The molecule has 1 aromatic heterocycles. The zero-order chi connectivity index (χ0) is 24.9. The minimum atomic E-state index is -3.10. The lowest BCUT2D eigenvalue weighted by Gasteiger charge is -2.18. The maximum Gasteiger partial charge on any atom is 0.352 e. The van der Waals surface area contributed by atoms with Gasteiger partial charge in [-0.1, -0.05) is 18.2 Å². The van der Waals surface area contributed by atoms with Gasteiger partial charge in [0, 0.05) is 46.9 Å². The highest BCUT2D eigenvalue weighted by molar-refractivity contribution is 14.1. The van der Waals surface area contributed by atoms with Gasteiger partial charge in [-0.2, -0.15) is 18.7 Å². The fourth-order valence-electron chi connectivity index (χ4n) is 4.66. The lowest BCUT2D eigenvalue weighted by Crippen LogP contribution is -2.44. The standard InChI is InChI=1S/C23H17F2IN6O3/c24-23(25,26)17-3-1-2-16-15(17)8-9-19(16)31-20(33)18(12-27)29-32(22(31)35)14-6-4-13(5-7-14)30-11-10-28-21(30)34/h1-7,19H,8-11H2,(H,28,34)/t19-/m1/s1. The summed E-state index contributed by atoms with van der Waals surface area (Å²) in [5.74, 6) is 0. The number of urea groups is 1. The van der Waals surface area contributed by atoms with Crippen molar-refractivity contribution in [2.45, 2.75) is 22.8 Å². The van der Waals surface area contributed by atoms with Gasteiger partial charge < -0.3 is 5.32 Å². The van der Waals surface area contributed by atoms with Crippen molar-refractivity contribution in [1.29, 1.82) is 5.26 Å². The van der Waals surface area contributed by atoms with Crippen molar-refractivity contribution < 1.29 is 13.6 Å². The molecule has 0 saturated carbocycles. The molecule has 3 aromatic rings. The average molecular weight is 590 g/mol. The van der Waals surface area contributed by atoms with E-state index in [0.717, 1.165) is 31.8 Å². The summed E-state index contributed by atoms with van der Waals surface area (Å²) in [7, 11) is 0. The van der Waals surface area contributed by atoms with Gasteiger partial charge in [0.1, 0.15) is 6.07 Å². The smallest absolute Gasteiger partial charge is 0.336 e. The molecule has 1 aliphatic heterocycles. The van der Waals surface area contributed by atoms with E-state index in [4.69, 9.17) is 0 Å². The van der Waals surface area contributed by atoms with Gasteiger partial charge in [0.2, 0.25) is 5.69 Å². The van der Waals surface area contributed by atoms with Crippen molar-refractivity contribution >= 4 is 34.3 Å². The van der Waals surface area contributed by atoms with E-state index in [9.17, 15) is 28.4 Å². The number of halogens is 3. The Kier molecular flexibility index (Phi) is 5.66. The molecule has 12 heteroatoms. The van der Waals surface area contributed by atoms with Crippen LogP contribution in [0.15, 0.2) is 52.1 Å². The van der Waals surface area contributed by atoms with E-state index in [-0.39, 0.29) is 30.1 Å². The largest absolute Gasteiger partial charge is 0.352 e. The van der Waals surface area contributed by atoms with Crippen LogP contribution in [-0.2, 0) is 10.4 Å². The Labute approximate surface area is 210 Å². The number of benzene rings is 2. The number of hydrogen-bond acceptors (Lipinski definition) is 5. The van der Waals surface area contributed by atoms with Crippen LogP contribution in [0.5, 0.6) is 0 Å². The summed E-state index contributed by atoms with van der Waals surface area (Å²) in [4.78, 5) is 39.9. The topological polar surface area (TPSA) is 113 Å². The fraction of sp³-hybridized carbons (Fsp3) is 0.261. The van der Waals surface area contributed by atoms with Crippen LogP contribution < -0.4 is 21.5 Å². The number of nitrogens with zero attached hydrogens (tertiary/aromatic N) is 5. The third-order valence-corrected chi connectivity index (χ3v) is 6.81. The first-order chi connectivity index (χ1) is 16.7. The second kappa shape index (κ2) is 8.56. The second-order valence-corrected chi connectivity index (χ2v) is 9.51. The van der Waals surface area contributed by atoms with E-state index in [0.29, 0.717) is 29.9 Å². The first-order valence-electron chi connectivity index (χ1n) is 10.7. The third-order valence-electron chi connectivity index (χ3n) is 6.23. The van der Waals surface area contributed by atoms with Gasteiger partial charge in [0.05, 0.1) is 11.7 Å². The molecule has 1 atom stereocenters. The van der Waals surface area contributed by atoms with Gasteiger partial charge in [0.25, 0.3) is 5.56 Å². The Morgan fingerprint density at radius 2 is 1.83 bits per heavy atom. The summed E-state index contributed by atoms with van der Waals surface area (Å²) >= 11 is 1.06. The van der Waals surface area contributed by atoms with E-state index < -0.39 is 26.9 Å². The maximum atomic E-state index is 14.1. The molecule has 2 aliphatic rings. The van der Waals surface area contributed by atoms with E-state index in [1.54, 1.807) is 36.4 Å². The number of fused-ring (bicyclic) bond motifs is 1. The number of rotatable bonds is 4. The van der Waals surface area contributed by atoms with Crippen LogP contribution in [0, 0.1) is 11.3 Å². The molecule has 1 saturated heterocycles. The normalized spacial score (nSPS) is 17.3. The van der Waals surface area contributed by atoms with Crippen LogP contribution in [0.4, 0.5) is 19.3 Å². The Morgan fingerprint density at radius 1 is 1.11 bits per heavy atom. The highest BCUT2D eigenvalue weighted by atomic mass is 127. The molecule has 5 rings (SSSR count). The number of anilines is 1. The number of aromatic nitrogens is 3. The van der Waals surface area contributed by atoms with Gasteiger partial charge in [0.15, 0.2) is 0 Å². The van der Waals surface area contributed by atoms with Crippen LogP contribution >= 0.6 is 22.6 Å². The minimum Gasteiger partial charge on any atom is -0.336 e. The van der Waals surface area contributed by atoms with Gasteiger partial charge in [-0.05, 0) is 48.2 Å². The molecule has 9 nitrogen and oxygen atoms in total. The summed E-state index contributed by atoms with van der Waals surface area (Å²) in [5, 5.41) is 16.2. The van der Waals surface area contributed by atoms with Crippen molar-refractivity contribution in [3.05, 3.63) is 85.7 Å². The zero-order valence-corrected chi connectivity index (χ0v) is 20.2. The lowest BCUT2D eigenvalue weighted by atomic mass is 10.0. The monoisotopic (exact) mass is 590 g/mol. The van der Waals surface area contributed by atoms with Crippen molar-refractivity contribution in [2.75, 3.05) is 18.0 Å². The molecule has 1 fully saturated rings. The van der Waals surface area contributed by atoms with E-state index in [2.05, 4.69) is 10.4 Å². The van der Waals surface area contributed by atoms with Crippen molar-refractivity contribution in [2.24, 2.45) is 0 Å². The lowest BCUT2D eigenvalue weighted by molar-refractivity contribution is 0.126. The molecule has 2 amide bonds. The van der Waals surface area contributed by atoms with Gasteiger partial charge in [-0.3, -0.25) is 9.69 Å². The van der Waals surface area contributed by atoms with E-state index in [1.165, 1.54) is 17.0 Å². The van der Waals surface area contributed by atoms with Crippen LogP contribution in [0.3, 0.4) is 0 Å². The summed E-state index contributed by atoms with van der Waals surface area (Å²) < 4.78 is 27.1. The first-order valence-corrected chi connectivity index (χ1v) is 11.8. The molecule has 2 heterocycles. The molecular weight excluding hydrogens is 573 g/mol. The fourth-order valence-corrected chi connectivity index (χ4v) is 5.17. The van der Waals surface area contributed by atoms with Crippen LogP contribution in [0.25, 0.3) is 5.69 Å². The third kappa shape index (κ3) is 3.89. The molecule has 1 aliphatic carbocycles. The first kappa shape index (κ1) is 23.2. The molecule has 0 spiro atoms. The highest BCUT2D eigenvalue weighted by Gasteiger charge is 2.36. The number of hydrogen-bond donors (Lipinski definition) is 1. The predicted octanol–water partition coefficient (Wildman–Crippen LogP) is 2.82. The van der Waals surface area contributed by atoms with Gasteiger partial charge >= 0.3 is 15.7 Å². The van der Waals surface area contributed by atoms with Crippen molar-refractivity contribution in [3.8, 4) is 11.8 Å². The molecular formula is C23H17F2IN6O3. The number of nitrogens with one attached hydrogen (secondary N) is 1. The predicted molar refractivity (Wildman–Crippen MR) is 130 cm³/mol. The number of carbonyl (C=O) groups excluding carboxylic acids is 1. The Morgan fingerprint density at radius 3 is 2.46 bits per heavy atom. The SMILES string of the molecule is N#Cc1nn(-c2ccc(N3CCNC3=O)cc2)c(=O)n([C@@H]2CCc3c2cccc3C(F)(F)I)c1=O. The van der Waals surface area contributed by atoms with E-state index >= 15 is 0 Å². The van der Waals surface area contributed by atoms with Gasteiger partial charge in [-0.15, -0.1) is 5.10 Å². The van der Waals surface area contributed by atoms with Crippen molar-refractivity contribution in [3.63, 3.8) is 0 Å². The maximum absolute atomic E-state index is 14.1. The van der Waals surface area contributed by atoms with Crippen LogP contribution in [0.2, 0.25) is 0 Å². The highest BCUT2D eigenvalue weighted by Crippen LogP contribution is 2.43. The summed E-state index contributed by atoms with van der Waals surface area (Å²) in [6.45, 7) is 1.02. The second-order valence-electron chi connectivity index (χ2n) is 8.16. The number of amides is 2. The van der Waals surface area contributed by atoms with Gasteiger partial charge in [-0.25, -0.2) is 14.2 Å². The molecule has 0 bridgehead atoms. The Balaban J connectivity index is 1.62. The summed E-state index contributed by atoms with van der Waals surface area (Å²) in [6, 6.07) is 11.5. The van der Waals surface area contributed by atoms with Crippen LogP contribution in [0.1, 0.15) is 34.8 Å². The quantitative estimate of drug-likeness (QED) is 0.371. The molecule has 1 N–H and O–H groups in total. The number of alkyl halides is 3. The molecule has 2 aromatic carbocycles. The summed E-state index contributed by atoms with van der Waals surface area (Å²) in [5.41, 5.74) is -0.543. The molecule has 0 unspecified atom stereocenters. The number of carbonyl (C=O) groups is 1. The van der Waals surface area contributed by atoms with Crippen molar-refractivity contribution in [1.82, 2.24) is 19.7 Å². The summed E-state index contributed by atoms with van der Waals surface area (Å²) in [6.07, 6.45) is 0.517. The molecule has 178 valence electrons. The van der Waals surface area contributed by atoms with E-state index in [1.807, 2.05) is 0 Å².